The Kier molecular flexibility index (Phi) is 11.6. The van der Waals surface area contributed by atoms with Crippen molar-refractivity contribution in [3.63, 3.8) is 0 Å². The number of aryl methyl sites for hydroxylation is 1. The Labute approximate surface area is 211 Å². The van der Waals surface area contributed by atoms with Crippen LogP contribution in [0, 0.1) is 11.8 Å². The Morgan fingerprint density at radius 2 is 1.97 bits per heavy atom. The second-order valence-electron chi connectivity index (χ2n) is 9.90. The summed E-state index contributed by atoms with van der Waals surface area (Å²) < 4.78 is 11.0. The molecule has 1 aliphatic heterocycles. The van der Waals surface area contributed by atoms with E-state index in [9.17, 15) is 4.79 Å². The van der Waals surface area contributed by atoms with E-state index in [2.05, 4.69) is 34.3 Å². The van der Waals surface area contributed by atoms with Crippen molar-refractivity contribution < 1.29 is 14.3 Å². The molecule has 1 aromatic heterocycles. The first-order chi connectivity index (χ1) is 17.1. The fourth-order valence-electron chi connectivity index (χ4n) is 5.33. The number of fused-ring (bicyclic) bond motifs is 1. The quantitative estimate of drug-likeness (QED) is 0.323. The maximum absolute atomic E-state index is 12.0. The summed E-state index contributed by atoms with van der Waals surface area (Å²) in [6.45, 7) is 8.65. The van der Waals surface area contributed by atoms with Crippen molar-refractivity contribution in [2.24, 2.45) is 11.8 Å². The molecule has 6 heteroatoms. The summed E-state index contributed by atoms with van der Waals surface area (Å²) in [6.07, 6.45) is 12.6. The SMILES string of the molecule is CCCCCCCN1CC[C@@H](CCCc2ccnc3ccc(OC)cc23)[C@@H](COC(=O)NCC)C1. The summed E-state index contributed by atoms with van der Waals surface area (Å²) >= 11 is 0. The number of rotatable bonds is 14. The largest absolute Gasteiger partial charge is 0.497 e. The monoisotopic (exact) mass is 483 g/mol. The van der Waals surface area contributed by atoms with Crippen LogP contribution in [0.25, 0.3) is 10.9 Å². The number of carbonyl (C=O) groups is 1. The van der Waals surface area contributed by atoms with Gasteiger partial charge in [-0.25, -0.2) is 4.79 Å². The van der Waals surface area contributed by atoms with Gasteiger partial charge in [0.15, 0.2) is 0 Å². The molecular weight excluding hydrogens is 438 g/mol. The second kappa shape index (κ2) is 14.9. The molecule has 0 radical (unpaired) electrons. The molecule has 1 amide bonds. The Balaban J connectivity index is 1.55. The third-order valence-corrected chi connectivity index (χ3v) is 7.36. The van der Waals surface area contributed by atoms with Crippen molar-refractivity contribution in [1.29, 1.82) is 0 Å². The van der Waals surface area contributed by atoms with Gasteiger partial charge in [0.05, 0.1) is 19.2 Å². The first-order valence-electron chi connectivity index (χ1n) is 13.7. The van der Waals surface area contributed by atoms with E-state index >= 15 is 0 Å². The van der Waals surface area contributed by atoms with Crippen LogP contribution in [0.3, 0.4) is 0 Å². The van der Waals surface area contributed by atoms with Crippen LogP contribution in [-0.2, 0) is 11.2 Å². The number of methoxy groups -OCH3 is 1. The van der Waals surface area contributed by atoms with Gasteiger partial charge >= 0.3 is 6.09 Å². The van der Waals surface area contributed by atoms with Crippen molar-refractivity contribution in [1.82, 2.24) is 15.2 Å². The van der Waals surface area contributed by atoms with Crippen LogP contribution in [0.4, 0.5) is 4.79 Å². The third kappa shape index (κ3) is 8.68. The maximum atomic E-state index is 12.0. The number of benzene rings is 1. The lowest BCUT2D eigenvalue weighted by Gasteiger charge is -2.38. The molecule has 6 nitrogen and oxygen atoms in total. The number of piperidine rings is 1. The lowest BCUT2D eigenvalue weighted by atomic mass is 9.82. The molecule has 0 aliphatic carbocycles. The Bertz CT molecular complexity index is 904. The van der Waals surface area contributed by atoms with Crippen molar-refractivity contribution in [3.8, 4) is 5.75 Å². The van der Waals surface area contributed by atoms with Gasteiger partial charge < -0.3 is 19.7 Å². The van der Waals surface area contributed by atoms with Gasteiger partial charge in [-0.2, -0.15) is 0 Å². The zero-order valence-corrected chi connectivity index (χ0v) is 22.1. The number of alkyl carbamates (subject to hydrolysis) is 1. The normalized spacial score (nSPS) is 18.5. The molecule has 3 rings (SSSR count). The number of unbranched alkanes of at least 4 members (excludes halogenated alkanes) is 4. The number of amides is 1. The number of ether oxygens (including phenoxy) is 2. The fraction of sp³-hybridized carbons (Fsp3) is 0.655. The molecule has 1 N–H and O–H groups in total. The molecular formula is C29H45N3O3. The van der Waals surface area contributed by atoms with E-state index in [1.54, 1.807) is 7.11 Å². The summed E-state index contributed by atoms with van der Waals surface area (Å²) in [5.74, 6) is 1.86. The van der Waals surface area contributed by atoms with Crippen LogP contribution < -0.4 is 10.1 Å². The summed E-state index contributed by atoms with van der Waals surface area (Å²) in [6, 6.07) is 8.23. The minimum Gasteiger partial charge on any atom is -0.497 e. The van der Waals surface area contributed by atoms with Crippen LogP contribution in [0.5, 0.6) is 5.75 Å². The van der Waals surface area contributed by atoms with Gasteiger partial charge in [-0.3, -0.25) is 4.98 Å². The number of aromatic nitrogens is 1. The molecule has 1 aromatic carbocycles. The van der Waals surface area contributed by atoms with Crippen molar-refractivity contribution in [2.75, 3.05) is 39.9 Å². The highest BCUT2D eigenvalue weighted by molar-refractivity contribution is 5.83. The molecule has 0 saturated carbocycles. The van der Waals surface area contributed by atoms with E-state index in [0.717, 1.165) is 43.6 Å². The minimum atomic E-state index is -0.292. The first kappa shape index (κ1) is 27.3. The van der Waals surface area contributed by atoms with Crippen molar-refractivity contribution in [2.45, 2.75) is 71.6 Å². The molecule has 1 saturated heterocycles. The van der Waals surface area contributed by atoms with Crippen molar-refractivity contribution in [3.05, 3.63) is 36.0 Å². The molecule has 0 bridgehead atoms. The van der Waals surface area contributed by atoms with Gasteiger partial charge in [0.25, 0.3) is 0 Å². The molecule has 2 heterocycles. The Morgan fingerprint density at radius 3 is 2.77 bits per heavy atom. The average Bonchev–Trinajstić information content (AvgIpc) is 2.88. The number of pyridine rings is 1. The summed E-state index contributed by atoms with van der Waals surface area (Å²) in [4.78, 5) is 19.1. The molecule has 2 aromatic rings. The van der Waals surface area contributed by atoms with Gasteiger partial charge in [0, 0.05) is 30.6 Å². The van der Waals surface area contributed by atoms with E-state index < -0.39 is 0 Å². The average molecular weight is 484 g/mol. The number of carbonyl (C=O) groups excluding carboxylic acids is 1. The van der Waals surface area contributed by atoms with Gasteiger partial charge in [-0.05, 0) is 87.9 Å². The molecule has 1 aliphatic rings. The number of likely N-dealkylation sites (tertiary alicyclic amines) is 1. The third-order valence-electron chi connectivity index (χ3n) is 7.36. The van der Waals surface area contributed by atoms with Crippen LogP contribution in [0.2, 0.25) is 0 Å². The van der Waals surface area contributed by atoms with Gasteiger partial charge in [0.1, 0.15) is 5.75 Å². The standard InChI is InChI=1S/C29H45N3O3/c1-4-6-7-8-9-18-32-19-16-23(25(21-32)22-35-29(33)30-5-2)11-10-12-24-15-17-31-28-14-13-26(34-3)20-27(24)28/h13-15,17,20,23,25H,4-12,16,18-19,21-22H2,1-3H3,(H,30,33)/t23-,25-/m1/s1. The molecule has 0 spiro atoms. The second-order valence-corrected chi connectivity index (χ2v) is 9.90. The predicted octanol–water partition coefficient (Wildman–Crippen LogP) is 6.22. The van der Waals surface area contributed by atoms with E-state index in [1.807, 2.05) is 25.3 Å². The minimum absolute atomic E-state index is 0.292. The smallest absolute Gasteiger partial charge is 0.407 e. The first-order valence-corrected chi connectivity index (χ1v) is 13.7. The highest BCUT2D eigenvalue weighted by Gasteiger charge is 2.29. The number of nitrogens with zero attached hydrogens (tertiary/aromatic N) is 2. The van der Waals surface area contributed by atoms with Gasteiger partial charge in [-0.1, -0.05) is 32.6 Å². The van der Waals surface area contributed by atoms with Gasteiger partial charge in [-0.15, -0.1) is 0 Å². The van der Waals surface area contributed by atoms with Crippen LogP contribution in [-0.4, -0.2) is 55.9 Å². The fourth-order valence-corrected chi connectivity index (χ4v) is 5.33. The Morgan fingerprint density at radius 1 is 1.11 bits per heavy atom. The van der Waals surface area contributed by atoms with Crippen LogP contribution in [0.15, 0.2) is 30.5 Å². The van der Waals surface area contributed by atoms with E-state index in [4.69, 9.17) is 9.47 Å². The van der Waals surface area contributed by atoms with E-state index in [0.29, 0.717) is 25.0 Å². The van der Waals surface area contributed by atoms with Crippen molar-refractivity contribution >= 4 is 17.0 Å². The zero-order chi connectivity index (χ0) is 24.9. The molecule has 35 heavy (non-hydrogen) atoms. The lowest BCUT2D eigenvalue weighted by molar-refractivity contribution is 0.0516. The molecule has 194 valence electrons. The highest BCUT2D eigenvalue weighted by Crippen LogP contribution is 2.30. The predicted molar refractivity (Wildman–Crippen MR) is 143 cm³/mol. The van der Waals surface area contributed by atoms with E-state index in [1.165, 1.54) is 56.0 Å². The maximum Gasteiger partial charge on any atom is 0.407 e. The molecule has 0 unspecified atom stereocenters. The summed E-state index contributed by atoms with van der Waals surface area (Å²) in [5, 5.41) is 3.95. The number of hydrogen-bond donors (Lipinski definition) is 1. The molecule has 2 atom stereocenters. The number of nitrogens with one attached hydrogen (secondary N) is 1. The Hall–Kier alpha value is -2.34. The lowest BCUT2D eigenvalue weighted by Crippen LogP contribution is -2.43. The van der Waals surface area contributed by atoms with Gasteiger partial charge in [0.2, 0.25) is 0 Å². The van der Waals surface area contributed by atoms with Crippen LogP contribution in [0.1, 0.15) is 70.8 Å². The molecule has 1 fully saturated rings. The number of hydrogen-bond acceptors (Lipinski definition) is 5. The zero-order valence-electron chi connectivity index (χ0n) is 22.1. The highest BCUT2D eigenvalue weighted by atomic mass is 16.5. The van der Waals surface area contributed by atoms with Crippen LogP contribution >= 0.6 is 0 Å². The topological polar surface area (TPSA) is 63.7 Å². The summed E-state index contributed by atoms with van der Waals surface area (Å²) in [7, 11) is 1.71. The van der Waals surface area contributed by atoms with E-state index in [-0.39, 0.29) is 6.09 Å². The summed E-state index contributed by atoms with van der Waals surface area (Å²) in [5.41, 5.74) is 2.34.